The molecule has 0 radical (unpaired) electrons. The number of hydrogen-bond donors (Lipinski definition) is 1. The molecule has 1 aliphatic carbocycles. The zero-order valence-electron chi connectivity index (χ0n) is 12.7. The Morgan fingerprint density at radius 3 is 2.42 bits per heavy atom. The van der Waals surface area contributed by atoms with Crippen LogP contribution in [0.2, 0.25) is 0 Å². The van der Waals surface area contributed by atoms with E-state index in [1.807, 2.05) is 0 Å². The van der Waals surface area contributed by atoms with Gasteiger partial charge >= 0.3 is 5.92 Å². The molecule has 1 aliphatic rings. The second kappa shape index (κ2) is 6.21. The minimum absolute atomic E-state index is 0.299. The third-order valence-corrected chi connectivity index (χ3v) is 4.03. The van der Waals surface area contributed by atoms with Crippen molar-refractivity contribution in [3.05, 3.63) is 58.4 Å². The van der Waals surface area contributed by atoms with E-state index < -0.39 is 52.9 Å². The molecule has 0 fully saturated rings. The van der Waals surface area contributed by atoms with Gasteiger partial charge in [0.15, 0.2) is 6.17 Å². The number of aliphatic hydroxyl groups excluding tert-OH is 1. The number of aliphatic hydroxyl groups is 1. The average Bonchev–Trinajstić information content (AvgIpc) is 2.76. The molecule has 0 amide bonds. The summed E-state index contributed by atoms with van der Waals surface area (Å²) in [5.41, 5.74) is -3.43. The van der Waals surface area contributed by atoms with Gasteiger partial charge in [-0.25, -0.2) is 17.6 Å². The minimum atomic E-state index is -4.13. The monoisotopic (exact) mass is 373 g/mol. The third-order valence-electron chi connectivity index (χ3n) is 4.03. The summed E-state index contributed by atoms with van der Waals surface area (Å²) in [6, 6.07) is 5.75. The number of halogens is 6. The number of alkyl halides is 5. The number of hydrogen-bond acceptors (Lipinski definition) is 3. The molecule has 2 atom stereocenters. The van der Waals surface area contributed by atoms with Crippen LogP contribution in [-0.2, 0) is 5.92 Å². The summed E-state index contributed by atoms with van der Waals surface area (Å²) < 4.78 is 86.7. The second-order valence-electron chi connectivity index (χ2n) is 5.56. The first-order chi connectivity index (χ1) is 12.2. The zero-order valence-corrected chi connectivity index (χ0v) is 12.7. The smallest absolute Gasteiger partial charge is 0.307 e. The Kier molecular flexibility index (Phi) is 4.32. The summed E-state index contributed by atoms with van der Waals surface area (Å²) in [4.78, 5) is 0. The lowest BCUT2D eigenvalue weighted by Gasteiger charge is -2.17. The van der Waals surface area contributed by atoms with Crippen molar-refractivity contribution < 1.29 is 36.2 Å². The maximum atomic E-state index is 13.8. The molecule has 0 spiro atoms. The van der Waals surface area contributed by atoms with Crippen LogP contribution in [0.15, 0.2) is 30.3 Å². The fourth-order valence-corrected chi connectivity index (χ4v) is 2.83. The normalized spacial score (nSPS) is 20.7. The van der Waals surface area contributed by atoms with Gasteiger partial charge in [0.05, 0.1) is 11.1 Å². The molecule has 26 heavy (non-hydrogen) atoms. The van der Waals surface area contributed by atoms with Crippen LogP contribution < -0.4 is 4.74 Å². The van der Waals surface area contributed by atoms with Gasteiger partial charge in [0.1, 0.15) is 29.5 Å². The number of nitrogens with zero attached hydrogens (tertiary/aromatic N) is 1. The van der Waals surface area contributed by atoms with Gasteiger partial charge in [-0.2, -0.15) is 14.0 Å². The topological polar surface area (TPSA) is 53.2 Å². The van der Waals surface area contributed by atoms with Crippen LogP contribution in [0.5, 0.6) is 11.5 Å². The van der Waals surface area contributed by atoms with E-state index in [9.17, 15) is 31.4 Å². The van der Waals surface area contributed by atoms with Gasteiger partial charge in [-0.3, -0.25) is 0 Å². The van der Waals surface area contributed by atoms with E-state index in [0.717, 1.165) is 24.3 Å². The van der Waals surface area contributed by atoms with Crippen molar-refractivity contribution in [1.82, 2.24) is 0 Å². The lowest BCUT2D eigenvalue weighted by atomic mass is 10.0. The molecule has 0 unspecified atom stereocenters. The van der Waals surface area contributed by atoms with Crippen LogP contribution in [0.1, 0.15) is 34.8 Å². The molecule has 2 aromatic carbocycles. The van der Waals surface area contributed by atoms with Crippen LogP contribution in [-0.4, -0.2) is 11.3 Å². The highest BCUT2D eigenvalue weighted by Crippen LogP contribution is 2.53. The summed E-state index contributed by atoms with van der Waals surface area (Å²) in [7, 11) is 0. The number of fused-ring (bicyclic) bond motifs is 1. The Balaban J connectivity index is 2.16. The number of nitriles is 1. The van der Waals surface area contributed by atoms with E-state index in [1.165, 1.54) is 0 Å². The number of benzene rings is 2. The van der Waals surface area contributed by atoms with Crippen LogP contribution in [0.3, 0.4) is 0 Å². The lowest BCUT2D eigenvalue weighted by Crippen LogP contribution is -2.24. The first-order valence-electron chi connectivity index (χ1n) is 7.21. The number of ether oxygens (including phenoxy) is 1. The fourth-order valence-electron chi connectivity index (χ4n) is 2.83. The molecule has 2 aromatic rings. The molecule has 3 rings (SSSR count). The van der Waals surface area contributed by atoms with E-state index in [-0.39, 0.29) is 11.3 Å². The van der Waals surface area contributed by atoms with E-state index in [0.29, 0.717) is 6.07 Å². The molecular formula is C17H9F6NO2. The molecule has 0 aromatic heterocycles. The predicted octanol–water partition coefficient (Wildman–Crippen LogP) is 4.90. The van der Waals surface area contributed by atoms with Gasteiger partial charge in [-0.1, -0.05) is 0 Å². The Bertz CT molecular complexity index is 909. The SMILES string of the molecule is N#Cc1cc(F)ccc1Oc1ccc2c(c1C(F)F)[C@H](O)[C@H](F)C2(F)F. The van der Waals surface area contributed by atoms with Gasteiger partial charge < -0.3 is 9.84 Å². The average molecular weight is 373 g/mol. The standard InChI is InChI=1S/C17H9F6NO2/c18-8-1-3-10(7(5-8)6-24)26-11-4-2-9-12(13(11)16(20)21)14(25)15(19)17(9,22)23/h1-5,14-16,25H/t14-,15-/m0/s1. The summed E-state index contributed by atoms with van der Waals surface area (Å²) in [6.07, 6.45) is -8.91. The maximum absolute atomic E-state index is 13.8. The van der Waals surface area contributed by atoms with E-state index >= 15 is 0 Å². The molecule has 0 aliphatic heterocycles. The van der Waals surface area contributed by atoms with Crippen molar-refractivity contribution in [2.75, 3.05) is 0 Å². The molecular weight excluding hydrogens is 364 g/mol. The van der Waals surface area contributed by atoms with Crippen LogP contribution in [0.4, 0.5) is 26.3 Å². The Morgan fingerprint density at radius 1 is 1.15 bits per heavy atom. The molecule has 0 heterocycles. The summed E-state index contributed by atoms with van der Waals surface area (Å²) in [5.74, 6) is -5.85. The second-order valence-corrected chi connectivity index (χ2v) is 5.56. The quantitative estimate of drug-likeness (QED) is 0.779. The van der Waals surface area contributed by atoms with Gasteiger partial charge in [0.25, 0.3) is 6.43 Å². The zero-order chi connectivity index (χ0) is 19.2. The van der Waals surface area contributed by atoms with Crippen molar-refractivity contribution in [3.63, 3.8) is 0 Å². The number of rotatable bonds is 3. The molecule has 136 valence electrons. The molecule has 9 heteroatoms. The first-order valence-corrected chi connectivity index (χ1v) is 7.21. The maximum Gasteiger partial charge on any atom is 0.307 e. The van der Waals surface area contributed by atoms with Crippen molar-refractivity contribution in [1.29, 1.82) is 5.26 Å². The van der Waals surface area contributed by atoms with Crippen molar-refractivity contribution in [3.8, 4) is 17.6 Å². The van der Waals surface area contributed by atoms with Gasteiger partial charge in [0.2, 0.25) is 0 Å². The molecule has 0 bridgehead atoms. The molecule has 0 saturated carbocycles. The highest BCUT2D eigenvalue weighted by Gasteiger charge is 2.56. The Labute approximate surface area is 143 Å². The van der Waals surface area contributed by atoms with Crippen LogP contribution in [0, 0.1) is 17.1 Å². The first kappa shape index (κ1) is 18.1. The fraction of sp³-hybridized carbons (Fsp3) is 0.235. The Hall–Kier alpha value is -2.73. The highest BCUT2D eigenvalue weighted by atomic mass is 19.3. The van der Waals surface area contributed by atoms with E-state index in [4.69, 9.17) is 10.00 Å². The van der Waals surface area contributed by atoms with E-state index in [1.54, 1.807) is 6.07 Å². The minimum Gasteiger partial charge on any atom is -0.455 e. The lowest BCUT2D eigenvalue weighted by molar-refractivity contribution is -0.104. The van der Waals surface area contributed by atoms with Crippen molar-refractivity contribution in [2.24, 2.45) is 0 Å². The summed E-state index contributed by atoms with van der Waals surface area (Å²) in [5, 5.41) is 18.7. The molecule has 1 N–H and O–H groups in total. The summed E-state index contributed by atoms with van der Waals surface area (Å²) >= 11 is 0. The van der Waals surface area contributed by atoms with Gasteiger partial charge in [-0.05, 0) is 30.3 Å². The largest absolute Gasteiger partial charge is 0.455 e. The third kappa shape index (κ3) is 2.66. The summed E-state index contributed by atoms with van der Waals surface area (Å²) in [6.45, 7) is 0. The van der Waals surface area contributed by atoms with Gasteiger partial charge in [0, 0.05) is 11.1 Å². The van der Waals surface area contributed by atoms with Gasteiger partial charge in [-0.15, -0.1) is 0 Å². The Morgan fingerprint density at radius 2 is 1.81 bits per heavy atom. The molecule has 0 saturated heterocycles. The van der Waals surface area contributed by atoms with E-state index in [2.05, 4.69) is 0 Å². The van der Waals surface area contributed by atoms with Crippen molar-refractivity contribution >= 4 is 0 Å². The highest BCUT2D eigenvalue weighted by molar-refractivity contribution is 5.55. The van der Waals surface area contributed by atoms with Crippen LogP contribution in [0.25, 0.3) is 0 Å². The predicted molar refractivity (Wildman–Crippen MR) is 76.3 cm³/mol. The van der Waals surface area contributed by atoms with Crippen molar-refractivity contribution in [2.45, 2.75) is 24.6 Å². The molecule has 3 nitrogen and oxygen atoms in total. The van der Waals surface area contributed by atoms with Crippen LogP contribution >= 0.6 is 0 Å².